The largest absolute Gasteiger partial charge is 0.393 e. The molecule has 1 aliphatic rings. The number of hydrogen-bond acceptors (Lipinski definition) is 4. The molecule has 1 aromatic carbocycles. The first kappa shape index (κ1) is 16.9. The van der Waals surface area contributed by atoms with Gasteiger partial charge < -0.3 is 14.8 Å². The predicted octanol–water partition coefficient (Wildman–Crippen LogP) is 3.00. The lowest BCUT2D eigenvalue weighted by molar-refractivity contribution is -0.00229. The van der Waals surface area contributed by atoms with Crippen LogP contribution in [0.5, 0.6) is 0 Å². The van der Waals surface area contributed by atoms with Crippen LogP contribution in [0.25, 0.3) is 10.9 Å². The number of pyridine rings is 1. The molecule has 1 atom stereocenters. The summed E-state index contributed by atoms with van der Waals surface area (Å²) in [6.45, 7) is 1.17. The molecule has 5 nitrogen and oxygen atoms in total. The van der Waals surface area contributed by atoms with Crippen molar-refractivity contribution >= 4 is 16.7 Å². The van der Waals surface area contributed by atoms with E-state index in [4.69, 9.17) is 0 Å². The molecule has 0 spiro atoms. The molecular weight excluding hydrogens is 328 g/mol. The van der Waals surface area contributed by atoms with Gasteiger partial charge in [-0.15, -0.1) is 0 Å². The molecule has 5 heteroatoms. The number of carbonyl (C=O) groups excluding carboxylic acids is 1. The third-order valence-electron chi connectivity index (χ3n) is 5.08. The number of Topliss-reactive ketones (excluding diaryl/α,β-unsaturated/α-hetero) is 1. The highest BCUT2D eigenvalue weighted by Gasteiger charge is 2.25. The summed E-state index contributed by atoms with van der Waals surface area (Å²) >= 11 is 0. The van der Waals surface area contributed by atoms with Gasteiger partial charge in [0, 0.05) is 29.4 Å². The number of nitrogens with zero attached hydrogens (tertiary/aromatic N) is 2. The molecule has 26 heavy (non-hydrogen) atoms. The van der Waals surface area contributed by atoms with E-state index < -0.39 is 5.60 Å². The summed E-state index contributed by atoms with van der Waals surface area (Å²) in [4.78, 5) is 17.0. The molecule has 4 rings (SSSR count). The maximum absolute atomic E-state index is 12.6. The molecule has 2 N–H and O–H groups in total. The molecule has 2 heterocycles. The van der Waals surface area contributed by atoms with Crippen LogP contribution in [-0.4, -0.2) is 32.2 Å². The second-order valence-electron chi connectivity index (χ2n) is 7.30. The summed E-state index contributed by atoms with van der Waals surface area (Å²) in [5, 5.41) is 20.4. The van der Waals surface area contributed by atoms with Gasteiger partial charge in [-0.3, -0.25) is 9.78 Å². The van der Waals surface area contributed by atoms with Gasteiger partial charge in [0.05, 0.1) is 24.2 Å². The van der Waals surface area contributed by atoms with Gasteiger partial charge in [-0.2, -0.15) is 0 Å². The molecule has 1 saturated carbocycles. The number of hydrogen-bond donors (Lipinski definition) is 2. The maximum Gasteiger partial charge on any atom is 0.168 e. The van der Waals surface area contributed by atoms with Gasteiger partial charge >= 0.3 is 0 Å². The molecule has 0 aliphatic heterocycles. The van der Waals surface area contributed by atoms with Crippen LogP contribution < -0.4 is 0 Å². The number of benzene rings is 1. The Balaban J connectivity index is 1.54. The Morgan fingerprint density at radius 3 is 2.65 bits per heavy atom. The smallest absolute Gasteiger partial charge is 0.168 e. The van der Waals surface area contributed by atoms with Crippen molar-refractivity contribution < 1.29 is 15.0 Å². The predicted molar refractivity (Wildman–Crippen MR) is 99.1 cm³/mol. The van der Waals surface area contributed by atoms with Crippen LogP contribution in [0.15, 0.2) is 48.8 Å². The first-order valence-electron chi connectivity index (χ1n) is 8.90. The van der Waals surface area contributed by atoms with Crippen molar-refractivity contribution in [3.63, 3.8) is 0 Å². The van der Waals surface area contributed by atoms with Crippen molar-refractivity contribution in [3.05, 3.63) is 65.6 Å². The fraction of sp³-hybridized carbons (Fsp3) is 0.333. The summed E-state index contributed by atoms with van der Waals surface area (Å²) in [7, 11) is 0. The first-order chi connectivity index (χ1) is 12.5. The minimum absolute atomic E-state index is 0.0171. The molecule has 2 aromatic heterocycles. The molecule has 0 bridgehead atoms. The van der Waals surface area contributed by atoms with Crippen LogP contribution in [0.1, 0.15) is 47.4 Å². The molecule has 3 aromatic rings. The van der Waals surface area contributed by atoms with Gasteiger partial charge in [-0.1, -0.05) is 24.3 Å². The zero-order chi connectivity index (χ0) is 18.3. The second-order valence-corrected chi connectivity index (χ2v) is 7.30. The number of aliphatic hydroxyl groups excluding tert-OH is 1. The van der Waals surface area contributed by atoms with Crippen molar-refractivity contribution in [3.8, 4) is 0 Å². The molecule has 0 unspecified atom stereocenters. The molecular formula is C21H22N2O3. The average Bonchev–Trinajstić information content (AvgIpc) is 3.41. The van der Waals surface area contributed by atoms with E-state index in [2.05, 4.69) is 21.8 Å². The van der Waals surface area contributed by atoms with Crippen LogP contribution in [0.4, 0.5) is 0 Å². The number of aliphatic hydroxyl groups is 2. The van der Waals surface area contributed by atoms with E-state index in [0.29, 0.717) is 17.2 Å². The minimum Gasteiger partial charge on any atom is -0.393 e. The Labute approximate surface area is 151 Å². The fourth-order valence-corrected chi connectivity index (χ4v) is 3.23. The summed E-state index contributed by atoms with van der Waals surface area (Å²) in [5.41, 5.74) is 1.75. The molecule has 134 valence electrons. The van der Waals surface area contributed by atoms with Crippen LogP contribution in [0.2, 0.25) is 0 Å². The minimum atomic E-state index is -1.30. The van der Waals surface area contributed by atoms with Gasteiger partial charge in [0.1, 0.15) is 5.60 Å². The van der Waals surface area contributed by atoms with Gasteiger partial charge in [0.25, 0.3) is 0 Å². The summed E-state index contributed by atoms with van der Waals surface area (Å²) in [6, 6.07) is 11.4. The molecule has 0 saturated heterocycles. The lowest BCUT2D eigenvalue weighted by atomic mass is 9.95. The standard InChI is InChI=1S/C21H22N2O3/c1-21(26,13-24)16-4-2-14(3-5-16)20(25)11-17-10-19-15(12-22-17)8-9-23(19)18-6-7-18/h2-5,8-10,12,18,24,26H,6-7,11,13H2,1H3/t21-/m0/s1. The van der Waals surface area contributed by atoms with Crippen LogP contribution in [-0.2, 0) is 12.0 Å². The zero-order valence-corrected chi connectivity index (χ0v) is 14.7. The van der Waals surface area contributed by atoms with Crippen molar-refractivity contribution in [2.24, 2.45) is 0 Å². The average molecular weight is 350 g/mol. The van der Waals surface area contributed by atoms with Crippen LogP contribution in [0, 0.1) is 0 Å². The van der Waals surface area contributed by atoms with Crippen molar-refractivity contribution in [1.29, 1.82) is 0 Å². The van der Waals surface area contributed by atoms with Gasteiger partial charge in [-0.05, 0) is 37.5 Å². The Kier molecular flexibility index (Phi) is 4.13. The van der Waals surface area contributed by atoms with Gasteiger partial charge in [-0.25, -0.2) is 0 Å². The number of ketones is 1. The topological polar surface area (TPSA) is 75.3 Å². The fourth-order valence-electron chi connectivity index (χ4n) is 3.23. The highest BCUT2D eigenvalue weighted by Crippen LogP contribution is 2.37. The second kappa shape index (κ2) is 6.34. The number of aromatic nitrogens is 2. The third kappa shape index (κ3) is 3.16. The van der Waals surface area contributed by atoms with E-state index in [1.165, 1.54) is 19.8 Å². The van der Waals surface area contributed by atoms with E-state index in [9.17, 15) is 15.0 Å². The quantitative estimate of drug-likeness (QED) is 0.670. The normalized spacial score (nSPS) is 16.6. The first-order valence-corrected chi connectivity index (χ1v) is 8.90. The number of carbonyl (C=O) groups is 1. The van der Waals surface area contributed by atoms with Gasteiger partial charge in [0.2, 0.25) is 0 Å². The van der Waals surface area contributed by atoms with E-state index in [1.807, 2.05) is 12.3 Å². The summed E-state index contributed by atoms with van der Waals surface area (Å²) in [5.74, 6) is -0.0171. The zero-order valence-electron chi connectivity index (χ0n) is 14.7. The van der Waals surface area contributed by atoms with Crippen LogP contribution >= 0.6 is 0 Å². The Hall–Kier alpha value is -2.50. The third-order valence-corrected chi connectivity index (χ3v) is 5.08. The van der Waals surface area contributed by atoms with Gasteiger partial charge in [0.15, 0.2) is 5.78 Å². The van der Waals surface area contributed by atoms with Crippen LogP contribution in [0.3, 0.4) is 0 Å². The highest BCUT2D eigenvalue weighted by atomic mass is 16.3. The van der Waals surface area contributed by atoms with E-state index >= 15 is 0 Å². The van der Waals surface area contributed by atoms with E-state index in [1.54, 1.807) is 24.3 Å². The Bertz CT molecular complexity index is 953. The monoisotopic (exact) mass is 350 g/mol. The van der Waals surface area contributed by atoms with Crippen molar-refractivity contribution in [1.82, 2.24) is 9.55 Å². The maximum atomic E-state index is 12.6. The number of fused-ring (bicyclic) bond motifs is 1. The Morgan fingerprint density at radius 2 is 2.00 bits per heavy atom. The SMILES string of the molecule is C[C@](O)(CO)c1ccc(C(=O)Cc2cc3c(ccn3C3CC3)cn2)cc1. The van der Waals surface area contributed by atoms with Crippen molar-refractivity contribution in [2.45, 2.75) is 37.8 Å². The van der Waals surface area contributed by atoms with Crippen molar-refractivity contribution in [2.75, 3.05) is 6.61 Å². The summed E-state index contributed by atoms with van der Waals surface area (Å²) in [6.07, 6.45) is 6.59. The number of rotatable bonds is 6. The van der Waals surface area contributed by atoms with E-state index in [0.717, 1.165) is 16.6 Å². The molecule has 0 radical (unpaired) electrons. The lowest BCUT2D eigenvalue weighted by Crippen LogP contribution is -2.25. The molecule has 0 amide bonds. The Morgan fingerprint density at radius 1 is 1.27 bits per heavy atom. The summed E-state index contributed by atoms with van der Waals surface area (Å²) < 4.78 is 2.27. The highest BCUT2D eigenvalue weighted by molar-refractivity contribution is 5.97. The molecule has 1 aliphatic carbocycles. The lowest BCUT2D eigenvalue weighted by Gasteiger charge is -2.20. The molecule has 1 fully saturated rings. The van der Waals surface area contributed by atoms with E-state index in [-0.39, 0.29) is 18.8 Å².